The lowest BCUT2D eigenvalue weighted by Crippen LogP contribution is -2.43. The van der Waals surface area contributed by atoms with Crippen LogP contribution in [0, 0.1) is 0 Å². The Balaban J connectivity index is 1.38. The number of carbonyl (C=O) groups excluding carboxylic acids is 3. The number of rotatable bonds is 14. The summed E-state index contributed by atoms with van der Waals surface area (Å²) >= 11 is 1.27. The minimum Gasteiger partial charge on any atom is -0.467 e. The molecule has 6 aromatic rings. The number of thiophene rings is 1. The predicted octanol–water partition coefficient (Wildman–Crippen LogP) is 6.24. The van der Waals surface area contributed by atoms with Crippen LogP contribution < -0.4 is 5.32 Å². The van der Waals surface area contributed by atoms with Gasteiger partial charge in [0.25, 0.3) is 5.91 Å². The van der Waals surface area contributed by atoms with Gasteiger partial charge in [0.15, 0.2) is 6.04 Å². The van der Waals surface area contributed by atoms with Crippen molar-refractivity contribution in [3.8, 4) is 11.3 Å². The number of hydrogen-bond acceptors (Lipinski definition) is 9. The summed E-state index contributed by atoms with van der Waals surface area (Å²) < 4.78 is 18.9. The van der Waals surface area contributed by atoms with Crippen LogP contribution in [0.25, 0.3) is 11.3 Å². The number of hydrogen-bond donors (Lipinski definition) is 1. The van der Waals surface area contributed by atoms with E-state index in [1.165, 1.54) is 30.2 Å². The van der Waals surface area contributed by atoms with Gasteiger partial charge in [-0.05, 0) is 33.7 Å². The average molecular weight is 701 g/mol. The van der Waals surface area contributed by atoms with Gasteiger partial charge in [-0.25, -0.2) is 14.3 Å². The monoisotopic (exact) mass is 700 g/mol. The van der Waals surface area contributed by atoms with Crippen LogP contribution >= 0.6 is 11.3 Å². The van der Waals surface area contributed by atoms with E-state index in [0.717, 1.165) is 16.7 Å². The number of aromatic nitrogens is 3. The molecule has 2 aromatic heterocycles. The van der Waals surface area contributed by atoms with Crippen LogP contribution in [0.4, 0.5) is 0 Å². The van der Waals surface area contributed by atoms with Crippen LogP contribution in [-0.4, -0.2) is 59.7 Å². The fourth-order valence-corrected chi connectivity index (χ4v) is 6.78. The van der Waals surface area contributed by atoms with Crippen molar-refractivity contribution in [1.29, 1.82) is 0 Å². The number of ether oxygens (including phenoxy) is 3. The van der Waals surface area contributed by atoms with E-state index in [1.54, 1.807) is 23.7 Å². The molecule has 0 fully saturated rings. The molecule has 2 atom stereocenters. The van der Waals surface area contributed by atoms with Crippen molar-refractivity contribution in [1.82, 2.24) is 20.3 Å². The predicted molar refractivity (Wildman–Crippen MR) is 193 cm³/mol. The molecule has 0 aliphatic carbocycles. The molecule has 11 heteroatoms. The zero-order valence-corrected chi connectivity index (χ0v) is 28.9. The third kappa shape index (κ3) is 7.49. The Kier molecular flexibility index (Phi) is 11.1. The molecule has 0 radical (unpaired) electrons. The molecule has 2 heterocycles. The second-order valence-electron chi connectivity index (χ2n) is 11.6. The summed E-state index contributed by atoms with van der Waals surface area (Å²) in [7, 11) is 2.59. The fourth-order valence-electron chi connectivity index (χ4n) is 6.15. The van der Waals surface area contributed by atoms with Crippen LogP contribution in [0.15, 0.2) is 139 Å². The van der Waals surface area contributed by atoms with E-state index in [-0.39, 0.29) is 18.9 Å². The highest BCUT2D eigenvalue weighted by atomic mass is 32.1. The highest BCUT2D eigenvalue weighted by molar-refractivity contribution is 7.12. The van der Waals surface area contributed by atoms with Crippen molar-refractivity contribution < 1.29 is 28.6 Å². The molecule has 0 unspecified atom stereocenters. The Hall–Kier alpha value is -5.91. The van der Waals surface area contributed by atoms with Gasteiger partial charge in [0.1, 0.15) is 11.6 Å². The van der Waals surface area contributed by atoms with E-state index in [9.17, 15) is 14.4 Å². The molecule has 6 rings (SSSR count). The average Bonchev–Trinajstić information content (AvgIpc) is 3.91. The summed E-state index contributed by atoms with van der Waals surface area (Å²) in [4.78, 5) is 40.0. The number of benzene rings is 4. The molecular formula is C40H36N4O6S. The SMILES string of the molecule is COC(=O)[C@H](Cc1ccccc1-c1cnnn1[C@@H](COC(c1ccccc1)(c1ccccc1)c1ccccc1)C(=O)OC)NC(=O)c1cccs1. The standard InChI is InChI=1S/C40H36N4O6S/c1-48-38(46)33(42-37(45)36-23-14-24-51-36)25-28-15-12-13-22-32(28)34-26-41-43-44(34)35(39(47)49-2)27-50-40(29-16-6-3-7-17-29,30-18-8-4-9-19-30)31-20-10-5-11-21-31/h3-24,26,33,35H,25,27H2,1-2H3,(H,42,45)/t33-,35-/m0/s1. The van der Waals surface area contributed by atoms with Crippen LogP contribution in [0.5, 0.6) is 0 Å². The maximum atomic E-state index is 13.6. The smallest absolute Gasteiger partial charge is 0.333 e. The van der Waals surface area contributed by atoms with Crippen LogP contribution in [0.1, 0.15) is 38.0 Å². The first-order chi connectivity index (χ1) is 25.0. The van der Waals surface area contributed by atoms with Gasteiger partial charge >= 0.3 is 11.9 Å². The van der Waals surface area contributed by atoms with Gasteiger partial charge in [0.2, 0.25) is 0 Å². The third-order valence-electron chi connectivity index (χ3n) is 8.60. The Bertz CT molecular complexity index is 1960. The van der Waals surface area contributed by atoms with Gasteiger partial charge in [-0.15, -0.1) is 16.4 Å². The van der Waals surface area contributed by atoms with Crippen molar-refractivity contribution in [2.45, 2.75) is 24.1 Å². The Morgan fingerprint density at radius 3 is 1.86 bits per heavy atom. The second kappa shape index (κ2) is 16.2. The highest BCUT2D eigenvalue weighted by Gasteiger charge is 2.40. The van der Waals surface area contributed by atoms with Gasteiger partial charge in [-0.1, -0.05) is 127 Å². The minimum atomic E-state index is -1.11. The molecule has 258 valence electrons. The molecule has 1 N–H and O–H groups in total. The summed E-state index contributed by atoms with van der Waals surface area (Å²) in [5.74, 6) is -1.56. The van der Waals surface area contributed by atoms with Crippen molar-refractivity contribution >= 4 is 29.2 Å². The molecule has 0 aliphatic heterocycles. The van der Waals surface area contributed by atoms with Gasteiger partial charge in [0.05, 0.1) is 37.6 Å². The summed E-state index contributed by atoms with van der Waals surface area (Å²) in [6, 6.07) is 38.3. The van der Waals surface area contributed by atoms with Crippen LogP contribution in [-0.2, 0) is 35.8 Å². The molecule has 0 aliphatic rings. The van der Waals surface area contributed by atoms with E-state index in [1.807, 2.05) is 115 Å². The molecule has 0 spiro atoms. The van der Waals surface area contributed by atoms with Crippen LogP contribution in [0.2, 0.25) is 0 Å². The highest BCUT2D eigenvalue weighted by Crippen LogP contribution is 2.41. The van der Waals surface area contributed by atoms with Crippen molar-refractivity contribution in [3.05, 3.63) is 166 Å². The van der Waals surface area contributed by atoms with Crippen molar-refractivity contribution in [3.63, 3.8) is 0 Å². The molecule has 0 saturated carbocycles. The number of nitrogens with one attached hydrogen (secondary N) is 1. The molecular weight excluding hydrogens is 665 g/mol. The number of nitrogens with zero attached hydrogens (tertiary/aromatic N) is 3. The Morgan fingerprint density at radius 1 is 0.745 bits per heavy atom. The lowest BCUT2D eigenvalue weighted by molar-refractivity contribution is -0.148. The third-order valence-corrected chi connectivity index (χ3v) is 9.46. The fraction of sp³-hybridized carbons (Fsp3) is 0.175. The first-order valence-corrected chi connectivity index (χ1v) is 17.1. The summed E-state index contributed by atoms with van der Waals surface area (Å²) in [6.07, 6.45) is 1.65. The summed E-state index contributed by atoms with van der Waals surface area (Å²) in [6.45, 7) is -0.147. The normalized spacial score (nSPS) is 12.4. The maximum absolute atomic E-state index is 13.6. The lowest BCUT2D eigenvalue weighted by atomic mass is 9.80. The molecule has 4 aromatic carbocycles. The van der Waals surface area contributed by atoms with Gasteiger partial charge in [-0.2, -0.15) is 0 Å². The second-order valence-corrected chi connectivity index (χ2v) is 12.5. The van der Waals surface area contributed by atoms with E-state index < -0.39 is 29.6 Å². The molecule has 0 saturated heterocycles. The number of methoxy groups -OCH3 is 2. The van der Waals surface area contributed by atoms with Crippen molar-refractivity contribution in [2.24, 2.45) is 0 Å². The Morgan fingerprint density at radius 2 is 1.31 bits per heavy atom. The van der Waals surface area contributed by atoms with E-state index >= 15 is 0 Å². The quantitative estimate of drug-likeness (QED) is 0.105. The molecule has 0 bridgehead atoms. The Labute approximate surface area is 299 Å². The first-order valence-electron chi connectivity index (χ1n) is 16.2. The van der Waals surface area contributed by atoms with Gasteiger partial charge < -0.3 is 19.5 Å². The number of esters is 2. The zero-order chi connectivity index (χ0) is 35.6. The maximum Gasteiger partial charge on any atom is 0.333 e. The summed E-state index contributed by atoms with van der Waals surface area (Å²) in [5, 5.41) is 13.2. The van der Waals surface area contributed by atoms with E-state index in [2.05, 4.69) is 15.6 Å². The molecule has 1 amide bonds. The van der Waals surface area contributed by atoms with Gasteiger partial charge in [0, 0.05) is 12.0 Å². The van der Waals surface area contributed by atoms with Crippen molar-refractivity contribution in [2.75, 3.05) is 20.8 Å². The molecule has 10 nitrogen and oxygen atoms in total. The largest absolute Gasteiger partial charge is 0.467 e. The van der Waals surface area contributed by atoms with E-state index in [0.29, 0.717) is 21.7 Å². The van der Waals surface area contributed by atoms with E-state index in [4.69, 9.17) is 14.2 Å². The topological polar surface area (TPSA) is 122 Å². The first kappa shape index (κ1) is 34.9. The minimum absolute atomic E-state index is 0.101. The number of amides is 1. The summed E-state index contributed by atoms with van der Waals surface area (Å²) in [5.41, 5.74) is 3.33. The van der Waals surface area contributed by atoms with Crippen LogP contribution in [0.3, 0.4) is 0 Å². The molecule has 51 heavy (non-hydrogen) atoms. The number of carbonyl (C=O) groups is 3. The van der Waals surface area contributed by atoms with Gasteiger partial charge in [-0.3, -0.25) is 4.79 Å². The lowest BCUT2D eigenvalue weighted by Gasteiger charge is -2.37. The zero-order valence-electron chi connectivity index (χ0n) is 28.0.